The number of rotatable bonds is 2. The Hall–Kier alpha value is -2.42. The Morgan fingerprint density at radius 2 is 1.68 bits per heavy atom. The zero-order valence-electron chi connectivity index (χ0n) is 16.5. The number of nitrogens with zero attached hydrogens (tertiary/aromatic N) is 3. The standard InChI is InChI=1S/C22H25F3N3/c1-21(2,3)11-10-17-8-9-20(26-16-17)28-14-12-27(13-15-28)19-7-5-4-6-18(19)22(23,24)25/h5-9,16H,4,12-15H2,1-3H3. The van der Waals surface area contributed by atoms with Crippen LogP contribution >= 0.6 is 0 Å². The van der Waals surface area contributed by atoms with Crippen LogP contribution in [0.1, 0.15) is 32.8 Å². The maximum absolute atomic E-state index is 13.3. The van der Waals surface area contributed by atoms with E-state index in [4.69, 9.17) is 0 Å². The van der Waals surface area contributed by atoms with Crippen molar-refractivity contribution in [3.63, 3.8) is 0 Å². The highest BCUT2D eigenvalue weighted by Gasteiger charge is 2.38. The minimum absolute atomic E-state index is 0.0655. The van der Waals surface area contributed by atoms with E-state index in [1.54, 1.807) is 18.3 Å². The van der Waals surface area contributed by atoms with Crippen molar-refractivity contribution in [2.75, 3.05) is 31.1 Å². The molecule has 0 saturated carbocycles. The van der Waals surface area contributed by atoms with Crippen molar-refractivity contribution in [2.24, 2.45) is 5.41 Å². The topological polar surface area (TPSA) is 19.4 Å². The Balaban J connectivity index is 1.66. The fraction of sp³-hybridized carbons (Fsp3) is 0.455. The molecule has 149 valence electrons. The van der Waals surface area contributed by atoms with Gasteiger partial charge in [-0.1, -0.05) is 17.9 Å². The Morgan fingerprint density at radius 1 is 1.00 bits per heavy atom. The van der Waals surface area contributed by atoms with E-state index in [9.17, 15) is 13.2 Å². The highest BCUT2D eigenvalue weighted by atomic mass is 19.4. The van der Waals surface area contributed by atoms with Gasteiger partial charge in [0.2, 0.25) is 0 Å². The SMILES string of the molecule is CC(C)(C)C#Cc1ccc(N2CCN(C3=C(C(F)(F)F)[CH]CC=C3)CC2)nc1. The van der Waals surface area contributed by atoms with Crippen LogP contribution in [-0.2, 0) is 0 Å². The minimum atomic E-state index is -4.32. The predicted molar refractivity (Wildman–Crippen MR) is 105 cm³/mol. The van der Waals surface area contributed by atoms with E-state index < -0.39 is 11.7 Å². The van der Waals surface area contributed by atoms with E-state index in [1.807, 2.05) is 17.0 Å². The number of anilines is 1. The Kier molecular flexibility index (Phi) is 5.74. The van der Waals surface area contributed by atoms with Crippen LogP contribution in [0.5, 0.6) is 0 Å². The number of hydrogen-bond donors (Lipinski definition) is 0. The second kappa shape index (κ2) is 7.90. The van der Waals surface area contributed by atoms with Gasteiger partial charge in [0.15, 0.2) is 0 Å². The first-order valence-corrected chi connectivity index (χ1v) is 9.44. The summed E-state index contributed by atoms with van der Waals surface area (Å²) in [6.07, 6.45) is 2.40. The van der Waals surface area contributed by atoms with Crippen LogP contribution in [-0.4, -0.2) is 42.2 Å². The Labute approximate surface area is 164 Å². The van der Waals surface area contributed by atoms with E-state index in [1.165, 1.54) is 6.42 Å². The molecule has 3 rings (SSSR count). The zero-order valence-corrected chi connectivity index (χ0v) is 16.5. The number of halogens is 3. The van der Waals surface area contributed by atoms with Crippen LogP contribution in [0.2, 0.25) is 0 Å². The second-order valence-corrected chi connectivity index (χ2v) is 8.02. The Morgan fingerprint density at radius 3 is 2.25 bits per heavy atom. The molecule has 1 radical (unpaired) electrons. The quantitative estimate of drug-likeness (QED) is 0.692. The maximum Gasteiger partial charge on any atom is 0.414 e. The van der Waals surface area contributed by atoms with Crippen LogP contribution in [0.25, 0.3) is 0 Å². The van der Waals surface area contributed by atoms with Crippen LogP contribution < -0.4 is 4.90 Å². The highest BCUT2D eigenvalue weighted by molar-refractivity contribution is 5.45. The molecule has 1 saturated heterocycles. The predicted octanol–water partition coefficient (Wildman–Crippen LogP) is 4.58. The number of hydrogen-bond acceptors (Lipinski definition) is 3. The van der Waals surface area contributed by atoms with Crippen molar-refractivity contribution < 1.29 is 13.2 Å². The molecule has 1 aromatic rings. The number of alkyl halides is 3. The molecule has 0 atom stereocenters. The van der Waals surface area contributed by atoms with Gasteiger partial charge in [0, 0.05) is 55.5 Å². The van der Waals surface area contributed by atoms with Gasteiger partial charge in [-0.3, -0.25) is 0 Å². The third-order valence-corrected chi connectivity index (χ3v) is 4.59. The lowest BCUT2D eigenvalue weighted by Gasteiger charge is -2.38. The fourth-order valence-electron chi connectivity index (χ4n) is 3.18. The Bertz CT molecular complexity index is 810. The van der Waals surface area contributed by atoms with Crippen LogP contribution in [0.3, 0.4) is 0 Å². The highest BCUT2D eigenvalue weighted by Crippen LogP contribution is 2.35. The average Bonchev–Trinajstić information content (AvgIpc) is 2.66. The van der Waals surface area contributed by atoms with E-state index >= 15 is 0 Å². The molecule has 0 unspecified atom stereocenters. The van der Waals surface area contributed by atoms with Gasteiger partial charge < -0.3 is 9.80 Å². The summed E-state index contributed by atoms with van der Waals surface area (Å²) in [5, 5.41) is 0. The zero-order chi connectivity index (χ0) is 20.4. The number of piperazine rings is 1. The van der Waals surface area contributed by atoms with Crippen molar-refractivity contribution in [2.45, 2.75) is 33.4 Å². The third kappa shape index (κ3) is 5.09. The van der Waals surface area contributed by atoms with Crippen LogP contribution in [0.4, 0.5) is 19.0 Å². The molecular weight excluding hydrogens is 363 g/mol. The van der Waals surface area contributed by atoms with Crippen molar-refractivity contribution >= 4 is 5.82 Å². The molecule has 3 nitrogen and oxygen atoms in total. The fourth-order valence-corrected chi connectivity index (χ4v) is 3.18. The van der Waals surface area contributed by atoms with E-state index in [0.717, 1.165) is 11.4 Å². The first kappa shape index (κ1) is 20.3. The molecule has 0 N–H and O–H groups in total. The molecular formula is C22H25F3N3. The lowest BCUT2D eigenvalue weighted by molar-refractivity contribution is -0.0919. The molecule has 0 bridgehead atoms. The summed E-state index contributed by atoms with van der Waals surface area (Å²) in [6, 6.07) is 3.87. The molecule has 2 aliphatic rings. The van der Waals surface area contributed by atoms with Crippen molar-refractivity contribution in [1.29, 1.82) is 0 Å². The van der Waals surface area contributed by atoms with E-state index in [2.05, 4.69) is 42.5 Å². The summed E-state index contributed by atoms with van der Waals surface area (Å²) >= 11 is 0. The monoisotopic (exact) mass is 388 g/mol. The molecule has 1 fully saturated rings. The first-order chi connectivity index (χ1) is 13.1. The van der Waals surface area contributed by atoms with Gasteiger partial charge in [0.1, 0.15) is 5.82 Å². The molecule has 0 aromatic carbocycles. The van der Waals surface area contributed by atoms with Crippen molar-refractivity contribution in [1.82, 2.24) is 9.88 Å². The van der Waals surface area contributed by atoms with Gasteiger partial charge >= 0.3 is 6.18 Å². The average molecular weight is 388 g/mol. The second-order valence-electron chi connectivity index (χ2n) is 8.02. The van der Waals surface area contributed by atoms with Gasteiger partial charge in [0.25, 0.3) is 0 Å². The van der Waals surface area contributed by atoms with Crippen LogP contribution in [0.15, 0.2) is 41.8 Å². The summed E-state index contributed by atoms with van der Waals surface area (Å²) in [4.78, 5) is 8.40. The van der Waals surface area contributed by atoms with Crippen LogP contribution in [0, 0.1) is 23.7 Å². The summed E-state index contributed by atoms with van der Waals surface area (Å²) < 4.78 is 39.8. The molecule has 28 heavy (non-hydrogen) atoms. The lowest BCUT2D eigenvalue weighted by Crippen LogP contribution is -2.46. The largest absolute Gasteiger partial charge is 0.414 e. The lowest BCUT2D eigenvalue weighted by atomic mass is 9.97. The minimum Gasteiger partial charge on any atom is -0.368 e. The third-order valence-electron chi connectivity index (χ3n) is 4.59. The van der Waals surface area contributed by atoms with Gasteiger partial charge in [-0.25, -0.2) is 4.98 Å². The number of aromatic nitrogens is 1. The molecule has 1 aromatic heterocycles. The maximum atomic E-state index is 13.3. The normalized spacial score (nSPS) is 18.2. The van der Waals surface area contributed by atoms with E-state index in [-0.39, 0.29) is 11.1 Å². The smallest absolute Gasteiger partial charge is 0.368 e. The molecule has 2 heterocycles. The summed E-state index contributed by atoms with van der Waals surface area (Å²) in [5.74, 6) is 7.13. The summed E-state index contributed by atoms with van der Waals surface area (Å²) in [7, 11) is 0. The first-order valence-electron chi connectivity index (χ1n) is 9.44. The molecule has 0 amide bonds. The van der Waals surface area contributed by atoms with Gasteiger partial charge in [0.05, 0.1) is 5.57 Å². The number of pyridine rings is 1. The molecule has 1 aliphatic carbocycles. The molecule has 1 aliphatic heterocycles. The van der Waals surface area contributed by atoms with Gasteiger partial charge in [-0.2, -0.15) is 13.2 Å². The van der Waals surface area contributed by atoms with E-state index in [0.29, 0.717) is 32.6 Å². The molecule has 0 spiro atoms. The van der Waals surface area contributed by atoms with Crippen molar-refractivity contribution in [3.8, 4) is 11.8 Å². The van der Waals surface area contributed by atoms with Gasteiger partial charge in [-0.05, 0) is 45.4 Å². The summed E-state index contributed by atoms with van der Waals surface area (Å²) in [6.45, 7) is 8.48. The number of allylic oxidation sites excluding steroid dienone is 3. The van der Waals surface area contributed by atoms with Gasteiger partial charge in [-0.15, -0.1) is 0 Å². The molecule has 6 heteroatoms. The summed E-state index contributed by atoms with van der Waals surface area (Å²) in [5.41, 5.74) is 0.548. The van der Waals surface area contributed by atoms with Crippen molar-refractivity contribution in [3.05, 3.63) is 53.7 Å².